The average Bonchev–Trinajstić information content (AvgIpc) is 2.75. The van der Waals surface area contributed by atoms with Crippen LogP contribution in [0.15, 0.2) is 72.8 Å². The van der Waals surface area contributed by atoms with E-state index in [1.54, 1.807) is 14.2 Å². The molecule has 0 aromatic heterocycles. The molecule has 2 N–H and O–H groups in total. The first kappa shape index (κ1) is 17.7. The molecule has 0 heterocycles. The van der Waals surface area contributed by atoms with Crippen LogP contribution in [0.4, 0.5) is 0 Å². The molecule has 0 aliphatic carbocycles. The molecule has 0 aliphatic rings. The van der Waals surface area contributed by atoms with Gasteiger partial charge in [-0.25, -0.2) is 0 Å². The maximum absolute atomic E-state index is 11.0. The van der Waals surface area contributed by atoms with E-state index in [-0.39, 0.29) is 11.5 Å². The number of ether oxygens (including phenoxy) is 2. The van der Waals surface area contributed by atoms with E-state index in [4.69, 9.17) is 9.47 Å². The molecule has 28 heavy (non-hydrogen) atoms. The van der Waals surface area contributed by atoms with Gasteiger partial charge in [-0.1, -0.05) is 60.7 Å². The molecule has 0 bridgehead atoms. The van der Waals surface area contributed by atoms with E-state index < -0.39 is 0 Å². The highest BCUT2D eigenvalue weighted by Crippen LogP contribution is 2.51. The van der Waals surface area contributed by atoms with Gasteiger partial charge in [0.15, 0.2) is 23.0 Å². The predicted octanol–water partition coefficient (Wildman–Crippen LogP) is 5.60. The van der Waals surface area contributed by atoms with Gasteiger partial charge in [-0.05, 0) is 34.0 Å². The van der Waals surface area contributed by atoms with Crippen molar-refractivity contribution in [1.82, 2.24) is 0 Å². The van der Waals surface area contributed by atoms with Gasteiger partial charge in [-0.15, -0.1) is 0 Å². The molecule has 0 saturated carbocycles. The maximum Gasteiger partial charge on any atom is 0.166 e. The van der Waals surface area contributed by atoms with E-state index in [0.29, 0.717) is 22.6 Å². The first-order chi connectivity index (χ1) is 13.7. The molecule has 0 unspecified atom stereocenters. The summed E-state index contributed by atoms with van der Waals surface area (Å²) in [7, 11) is 3.15. The van der Waals surface area contributed by atoms with Crippen molar-refractivity contribution in [2.45, 2.75) is 0 Å². The normalized spacial score (nSPS) is 10.8. The fraction of sp³-hybridized carbons (Fsp3) is 0.0833. The summed E-state index contributed by atoms with van der Waals surface area (Å²) in [5.74, 6) is 0.780. The fourth-order valence-corrected chi connectivity index (χ4v) is 3.58. The number of benzene rings is 4. The molecule has 140 valence electrons. The summed E-state index contributed by atoms with van der Waals surface area (Å²) < 4.78 is 11.0. The SMILES string of the molecule is COc1cc2c(-c3ccccc3)c(O)c(O)c(-c3ccccc3)c2cc1OC. The van der Waals surface area contributed by atoms with Crippen LogP contribution in [0.25, 0.3) is 33.0 Å². The topological polar surface area (TPSA) is 58.9 Å². The minimum Gasteiger partial charge on any atom is -0.504 e. The maximum atomic E-state index is 11.0. The number of rotatable bonds is 4. The zero-order valence-electron chi connectivity index (χ0n) is 15.6. The minimum atomic E-state index is -0.162. The Bertz CT molecular complexity index is 1040. The second-order valence-electron chi connectivity index (χ2n) is 6.43. The number of phenolic OH excluding ortho intramolecular Hbond substituents is 2. The third-order valence-corrected chi connectivity index (χ3v) is 4.89. The van der Waals surface area contributed by atoms with Crippen LogP contribution in [-0.2, 0) is 0 Å². The van der Waals surface area contributed by atoms with Gasteiger partial charge >= 0.3 is 0 Å². The van der Waals surface area contributed by atoms with Gasteiger partial charge in [0.1, 0.15) is 0 Å². The number of hydrogen-bond acceptors (Lipinski definition) is 4. The Labute approximate surface area is 163 Å². The molecule has 0 radical (unpaired) electrons. The molecule has 4 nitrogen and oxygen atoms in total. The molecule has 0 amide bonds. The number of hydrogen-bond donors (Lipinski definition) is 2. The highest BCUT2D eigenvalue weighted by atomic mass is 16.5. The number of fused-ring (bicyclic) bond motifs is 1. The molecule has 0 saturated heterocycles. The van der Waals surface area contributed by atoms with Gasteiger partial charge in [-0.3, -0.25) is 0 Å². The van der Waals surface area contributed by atoms with Crippen LogP contribution in [0.5, 0.6) is 23.0 Å². The molecular weight excluding hydrogens is 352 g/mol. The quantitative estimate of drug-likeness (QED) is 0.458. The Hall–Kier alpha value is -3.66. The van der Waals surface area contributed by atoms with Crippen LogP contribution in [0.2, 0.25) is 0 Å². The zero-order valence-corrected chi connectivity index (χ0v) is 15.6. The first-order valence-electron chi connectivity index (χ1n) is 8.90. The highest BCUT2D eigenvalue weighted by molar-refractivity contribution is 6.11. The summed E-state index contributed by atoms with van der Waals surface area (Å²) in [5, 5.41) is 23.4. The van der Waals surface area contributed by atoms with Gasteiger partial charge in [0.2, 0.25) is 0 Å². The van der Waals surface area contributed by atoms with Crippen LogP contribution in [-0.4, -0.2) is 24.4 Å². The van der Waals surface area contributed by atoms with Gasteiger partial charge in [0, 0.05) is 11.1 Å². The highest BCUT2D eigenvalue weighted by Gasteiger charge is 2.23. The minimum absolute atomic E-state index is 0.162. The molecule has 4 aromatic rings. The second kappa shape index (κ2) is 7.16. The number of aromatic hydroxyl groups is 2. The lowest BCUT2D eigenvalue weighted by atomic mass is 9.90. The number of phenols is 2. The standard InChI is InChI=1S/C24H20O4/c1-27-19-13-17-18(14-20(19)28-2)22(16-11-7-4-8-12-16)24(26)23(25)21(17)15-9-5-3-6-10-15/h3-14,25-26H,1-2H3. The van der Waals surface area contributed by atoms with Crippen molar-refractivity contribution in [3.05, 3.63) is 72.8 Å². The van der Waals surface area contributed by atoms with Crippen molar-refractivity contribution in [2.75, 3.05) is 14.2 Å². The summed E-state index contributed by atoms with van der Waals surface area (Å²) in [6, 6.07) is 22.6. The molecule has 0 atom stereocenters. The average molecular weight is 372 g/mol. The van der Waals surface area contributed by atoms with E-state index in [1.807, 2.05) is 72.8 Å². The molecular formula is C24H20O4. The lowest BCUT2D eigenvalue weighted by molar-refractivity contribution is 0.356. The van der Waals surface area contributed by atoms with E-state index in [1.165, 1.54) is 0 Å². The van der Waals surface area contributed by atoms with Gasteiger partial charge in [0.25, 0.3) is 0 Å². The Kier molecular flexibility index (Phi) is 4.53. The van der Waals surface area contributed by atoms with Crippen LogP contribution in [0.1, 0.15) is 0 Å². The van der Waals surface area contributed by atoms with Crippen LogP contribution in [0, 0.1) is 0 Å². The van der Waals surface area contributed by atoms with Gasteiger partial charge < -0.3 is 19.7 Å². The smallest absolute Gasteiger partial charge is 0.166 e. The monoisotopic (exact) mass is 372 g/mol. The summed E-state index contributed by atoms with van der Waals surface area (Å²) in [4.78, 5) is 0. The van der Waals surface area contributed by atoms with E-state index >= 15 is 0 Å². The largest absolute Gasteiger partial charge is 0.504 e. The third kappa shape index (κ3) is 2.79. The second-order valence-corrected chi connectivity index (χ2v) is 6.43. The zero-order chi connectivity index (χ0) is 19.7. The molecule has 4 heteroatoms. The van der Waals surface area contributed by atoms with Crippen molar-refractivity contribution in [3.63, 3.8) is 0 Å². The number of methoxy groups -OCH3 is 2. The van der Waals surface area contributed by atoms with Crippen molar-refractivity contribution >= 4 is 10.8 Å². The molecule has 0 fully saturated rings. The summed E-state index contributed by atoms with van der Waals surface area (Å²) in [6.07, 6.45) is 0. The lowest BCUT2D eigenvalue weighted by Crippen LogP contribution is -1.94. The Morgan fingerprint density at radius 1 is 0.571 bits per heavy atom. The van der Waals surface area contributed by atoms with Crippen molar-refractivity contribution in [2.24, 2.45) is 0 Å². The van der Waals surface area contributed by atoms with Gasteiger partial charge in [0.05, 0.1) is 14.2 Å². The molecule has 4 aromatic carbocycles. The Balaban J connectivity index is 2.19. The Morgan fingerprint density at radius 3 is 1.25 bits per heavy atom. The summed E-state index contributed by atoms with van der Waals surface area (Å²) in [5.41, 5.74) is 2.70. The van der Waals surface area contributed by atoms with Crippen LogP contribution < -0.4 is 9.47 Å². The first-order valence-corrected chi connectivity index (χ1v) is 8.90. The third-order valence-electron chi connectivity index (χ3n) is 4.89. The molecule has 0 spiro atoms. The Morgan fingerprint density at radius 2 is 0.929 bits per heavy atom. The summed E-state index contributed by atoms with van der Waals surface area (Å²) in [6.45, 7) is 0. The lowest BCUT2D eigenvalue weighted by Gasteiger charge is -2.19. The fourth-order valence-electron chi connectivity index (χ4n) is 3.58. The van der Waals surface area contributed by atoms with Crippen LogP contribution in [0.3, 0.4) is 0 Å². The van der Waals surface area contributed by atoms with Crippen molar-refractivity contribution in [3.8, 4) is 45.3 Å². The van der Waals surface area contributed by atoms with E-state index in [0.717, 1.165) is 21.9 Å². The van der Waals surface area contributed by atoms with Gasteiger partial charge in [-0.2, -0.15) is 0 Å². The van der Waals surface area contributed by atoms with E-state index in [9.17, 15) is 10.2 Å². The summed E-state index contributed by atoms with van der Waals surface area (Å²) >= 11 is 0. The molecule has 4 rings (SSSR count). The van der Waals surface area contributed by atoms with Crippen molar-refractivity contribution < 1.29 is 19.7 Å². The van der Waals surface area contributed by atoms with E-state index in [2.05, 4.69) is 0 Å². The predicted molar refractivity (Wildman–Crippen MR) is 111 cm³/mol. The van der Waals surface area contributed by atoms with Crippen LogP contribution >= 0.6 is 0 Å². The van der Waals surface area contributed by atoms with Crippen molar-refractivity contribution in [1.29, 1.82) is 0 Å². The molecule has 0 aliphatic heterocycles.